The van der Waals surface area contributed by atoms with Crippen LogP contribution in [0.5, 0.6) is 0 Å². The number of thiophene rings is 2. The van der Waals surface area contributed by atoms with Crippen molar-refractivity contribution in [2.24, 2.45) is 0 Å². The summed E-state index contributed by atoms with van der Waals surface area (Å²) in [6.45, 7) is 10.9. The van der Waals surface area contributed by atoms with Crippen LogP contribution >= 0.6 is 22.7 Å². The third-order valence-corrected chi connectivity index (χ3v) is 18.0. The van der Waals surface area contributed by atoms with Crippen molar-refractivity contribution in [3.63, 3.8) is 0 Å². The molecule has 3 aliphatic carbocycles. The summed E-state index contributed by atoms with van der Waals surface area (Å²) in [5.74, 6) is -1.44. The maximum absolute atomic E-state index is 13.9. The number of fused-ring (bicyclic) bond motifs is 7. The highest BCUT2D eigenvalue weighted by Gasteiger charge is 2.43. The Bertz CT molecular complexity index is 2990. The van der Waals surface area contributed by atoms with Gasteiger partial charge in [-0.2, -0.15) is 0 Å². The van der Waals surface area contributed by atoms with Crippen molar-refractivity contribution in [1.82, 2.24) is 0 Å². The van der Waals surface area contributed by atoms with E-state index in [1.54, 1.807) is 17.4 Å². The van der Waals surface area contributed by atoms with Crippen LogP contribution < -0.4 is 15.5 Å². The number of nitrogens with one attached hydrogen (secondary N) is 2. The number of nitrogens with zero attached hydrogens (tertiary/aromatic N) is 1. The molecule has 1 saturated carbocycles. The van der Waals surface area contributed by atoms with E-state index in [1.165, 1.54) is 145 Å². The van der Waals surface area contributed by atoms with Gasteiger partial charge in [-0.3, -0.25) is 9.59 Å². The number of carboxylic acid groups (broad SMARTS) is 1. The molecule has 0 amide bonds. The lowest BCUT2D eigenvalue weighted by atomic mass is 9.82. The van der Waals surface area contributed by atoms with Gasteiger partial charge in [-0.05, 0) is 120 Å². The Labute approximate surface area is 422 Å². The Morgan fingerprint density at radius 3 is 2.13 bits per heavy atom. The molecule has 0 radical (unpaired) electrons. The third-order valence-electron chi connectivity index (χ3n) is 15.6. The number of aromatic carboxylic acids is 1. The molecule has 3 heterocycles. The van der Waals surface area contributed by atoms with E-state index in [0.717, 1.165) is 58.4 Å². The number of anilines is 4. The fraction of sp³-hybridized carbons (Fsp3) is 0.393. The first-order valence-corrected chi connectivity index (χ1v) is 27.8. The predicted molar refractivity (Wildman–Crippen MR) is 293 cm³/mol. The van der Waals surface area contributed by atoms with E-state index in [9.17, 15) is 19.5 Å². The average Bonchev–Trinajstić information content (AvgIpc) is 4.22. The number of hydrogen-bond acceptors (Lipinski definition) is 8. The number of carboxylic acids is 1. The molecule has 0 saturated heterocycles. The van der Waals surface area contributed by atoms with Crippen LogP contribution in [-0.4, -0.2) is 41.8 Å². The molecule has 1 fully saturated rings. The van der Waals surface area contributed by atoms with Crippen LogP contribution in [0.2, 0.25) is 0 Å². The largest absolute Gasteiger partial charge is 0.478 e. The molecule has 7 nitrogen and oxygen atoms in total. The van der Waals surface area contributed by atoms with E-state index in [-0.39, 0.29) is 33.5 Å². The molecule has 0 spiro atoms. The van der Waals surface area contributed by atoms with Gasteiger partial charge < -0.3 is 20.6 Å². The zero-order chi connectivity index (χ0) is 48.5. The van der Waals surface area contributed by atoms with Gasteiger partial charge in [0.2, 0.25) is 0 Å². The number of Topliss-reactive ketones (excluding diaryl/α,β-unsaturated/α-hetero) is 2. The highest BCUT2D eigenvalue weighted by atomic mass is 32.1. The molecule has 2 aromatic heterocycles. The summed E-state index contributed by atoms with van der Waals surface area (Å²) >= 11 is 3.41. The second kappa shape index (κ2) is 20.5. The fourth-order valence-electron chi connectivity index (χ4n) is 11.8. The lowest BCUT2D eigenvalue weighted by Crippen LogP contribution is -2.26. The Morgan fingerprint density at radius 1 is 0.686 bits per heavy atom. The summed E-state index contributed by atoms with van der Waals surface area (Å²) < 4.78 is 0. The Hall–Kier alpha value is -5.77. The first-order valence-electron chi connectivity index (χ1n) is 26.2. The number of allylic oxidation sites excluding steroid dienone is 1. The van der Waals surface area contributed by atoms with E-state index >= 15 is 0 Å². The van der Waals surface area contributed by atoms with Gasteiger partial charge in [-0.25, -0.2) is 4.79 Å². The first-order chi connectivity index (χ1) is 34.1. The molecular weight excluding hydrogens is 903 g/mol. The molecule has 1 aliphatic heterocycles. The van der Waals surface area contributed by atoms with E-state index in [0.29, 0.717) is 12.0 Å². The maximum Gasteiger partial charge on any atom is 0.335 e. The van der Waals surface area contributed by atoms with Crippen molar-refractivity contribution in [3.05, 3.63) is 135 Å². The lowest BCUT2D eigenvalue weighted by Gasteiger charge is -2.28. The average molecular weight is 970 g/mol. The van der Waals surface area contributed by atoms with Crippen LogP contribution in [0.1, 0.15) is 183 Å². The summed E-state index contributed by atoms with van der Waals surface area (Å²) in [7, 11) is 0. The van der Waals surface area contributed by atoms with Crippen molar-refractivity contribution < 1.29 is 19.5 Å². The van der Waals surface area contributed by atoms with Gasteiger partial charge in [0.05, 0.1) is 32.3 Å². The molecular formula is C61H67N3O4S2. The molecule has 362 valence electrons. The number of ketones is 2. The van der Waals surface area contributed by atoms with Crippen molar-refractivity contribution in [2.45, 2.75) is 141 Å². The first kappa shape index (κ1) is 47.9. The monoisotopic (exact) mass is 969 g/mol. The second-order valence-electron chi connectivity index (χ2n) is 20.6. The molecule has 4 aliphatic rings. The number of rotatable bonds is 21. The van der Waals surface area contributed by atoms with Gasteiger partial charge >= 0.3 is 5.97 Å². The number of benzene rings is 4. The number of carbonyl (C=O) groups is 3. The number of hydrogen-bond donors (Lipinski definition) is 3. The SMILES string of the molecule is CCCCCCCCNc1cc(-c2sc(-c3ccc4c(c3)C3CCCC3N4c3ccc4c(c3)-c3ccccc3C4(C)C)cc2NCCCCCCCC)sc1/C=C1\C(=O)c2ccc(C(=O)O)cc2C1=O. The minimum Gasteiger partial charge on any atom is -0.478 e. The number of unbranched alkanes of at least 4 members (excludes halogenated alkanes) is 10. The van der Waals surface area contributed by atoms with Gasteiger partial charge in [0, 0.05) is 62.7 Å². The topological polar surface area (TPSA) is 98.7 Å². The van der Waals surface area contributed by atoms with E-state index in [2.05, 4.69) is 116 Å². The zero-order valence-electron chi connectivity index (χ0n) is 41.3. The summed E-state index contributed by atoms with van der Waals surface area (Å²) in [6, 6.07) is 32.5. The van der Waals surface area contributed by atoms with Gasteiger partial charge in [-0.15, -0.1) is 22.7 Å². The predicted octanol–water partition coefficient (Wildman–Crippen LogP) is 16.9. The summed E-state index contributed by atoms with van der Waals surface area (Å²) in [5, 5.41) is 17.3. The van der Waals surface area contributed by atoms with Crippen LogP contribution in [0.15, 0.2) is 96.6 Å². The Balaban J connectivity index is 0.993. The molecule has 70 heavy (non-hydrogen) atoms. The van der Waals surface area contributed by atoms with Gasteiger partial charge in [-0.1, -0.05) is 135 Å². The summed E-state index contributed by atoms with van der Waals surface area (Å²) in [4.78, 5) is 46.4. The molecule has 2 atom stereocenters. The molecule has 4 aromatic carbocycles. The van der Waals surface area contributed by atoms with Crippen molar-refractivity contribution in [2.75, 3.05) is 28.6 Å². The van der Waals surface area contributed by atoms with Gasteiger partial charge in [0.15, 0.2) is 11.6 Å². The normalized spacial score (nSPS) is 17.8. The Kier molecular flexibility index (Phi) is 14.0. The van der Waals surface area contributed by atoms with E-state index < -0.39 is 11.8 Å². The van der Waals surface area contributed by atoms with Crippen molar-refractivity contribution >= 4 is 69.0 Å². The van der Waals surface area contributed by atoms with E-state index in [4.69, 9.17) is 0 Å². The smallest absolute Gasteiger partial charge is 0.335 e. The second-order valence-corrected chi connectivity index (χ2v) is 22.7. The van der Waals surface area contributed by atoms with E-state index in [1.807, 2.05) is 11.3 Å². The van der Waals surface area contributed by atoms with Crippen LogP contribution in [-0.2, 0) is 5.41 Å². The maximum atomic E-state index is 13.9. The molecule has 2 unspecified atom stereocenters. The number of carbonyl (C=O) groups excluding carboxylic acids is 2. The highest BCUT2D eigenvalue weighted by Crippen LogP contribution is 2.56. The molecule has 6 aromatic rings. The van der Waals surface area contributed by atoms with Crippen LogP contribution in [0.25, 0.3) is 37.4 Å². The lowest BCUT2D eigenvalue weighted by molar-refractivity contribution is 0.0696. The minimum atomic E-state index is -1.13. The van der Waals surface area contributed by atoms with Crippen molar-refractivity contribution in [1.29, 1.82) is 0 Å². The molecule has 9 heteroatoms. The van der Waals surface area contributed by atoms with Crippen LogP contribution in [0.3, 0.4) is 0 Å². The highest BCUT2D eigenvalue weighted by molar-refractivity contribution is 7.25. The quantitative estimate of drug-likeness (QED) is 0.0375. The minimum absolute atomic E-state index is 0.00570. The van der Waals surface area contributed by atoms with Crippen LogP contribution in [0, 0.1) is 0 Å². The molecule has 0 bridgehead atoms. The van der Waals surface area contributed by atoms with Crippen molar-refractivity contribution in [3.8, 4) is 31.3 Å². The molecule has 3 N–H and O–H groups in total. The third kappa shape index (κ3) is 9.09. The summed E-state index contributed by atoms with van der Waals surface area (Å²) in [5.41, 5.74) is 13.3. The summed E-state index contributed by atoms with van der Waals surface area (Å²) in [6.07, 6.45) is 19.8. The molecule has 10 rings (SSSR count). The zero-order valence-corrected chi connectivity index (χ0v) is 43.0. The Morgan fingerprint density at radius 2 is 1.37 bits per heavy atom. The standard InChI is InChI=1S/C61H67N3O4S2/c1-5-7-9-11-13-17-30-62-50-36-56(69-55(50)35-47-57(65)43-27-24-39(60(67)68)33-46(43)58(47)66)59-51(63-31-18-14-12-10-8-6-2)37-54(70-59)38-25-29-53-45(32-38)42-21-19-23-52(42)64(53)40-26-28-49-44(34-40)41-20-15-16-22-48(41)61(49,3)4/h15-16,20,22,24-29,32-37,42,52,62-63H,5-14,17-19,21,23,30-31H2,1-4H3,(H,67,68)/b47-35+. The fourth-order valence-corrected chi connectivity index (χ4v) is 14.1. The van der Waals surface area contributed by atoms with Gasteiger partial charge in [0.1, 0.15) is 0 Å². The van der Waals surface area contributed by atoms with Gasteiger partial charge in [0.25, 0.3) is 0 Å². The van der Waals surface area contributed by atoms with Crippen LogP contribution in [0.4, 0.5) is 22.7 Å².